The first-order chi connectivity index (χ1) is 12.6. The van der Waals surface area contributed by atoms with Crippen molar-refractivity contribution in [1.29, 1.82) is 0 Å². The van der Waals surface area contributed by atoms with E-state index in [9.17, 15) is 0 Å². The van der Waals surface area contributed by atoms with Crippen LogP contribution in [0.5, 0.6) is 0 Å². The zero-order valence-corrected chi connectivity index (χ0v) is 15.4. The lowest BCUT2D eigenvalue weighted by Gasteiger charge is -2.17. The van der Waals surface area contributed by atoms with E-state index in [0.717, 1.165) is 6.42 Å². The smallest absolute Gasteiger partial charge is 0.00104 e. The van der Waals surface area contributed by atoms with Gasteiger partial charge in [0.25, 0.3) is 0 Å². The first kappa shape index (κ1) is 14.3. The maximum absolute atomic E-state index is 2.37. The zero-order valence-electron chi connectivity index (χ0n) is 15.4. The Morgan fingerprint density at radius 3 is 2.08 bits per heavy atom. The van der Waals surface area contributed by atoms with Crippen molar-refractivity contribution in [1.82, 2.24) is 0 Å². The van der Waals surface area contributed by atoms with Crippen LogP contribution < -0.4 is 0 Å². The molecule has 4 aromatic carbocycles. The molecule has 0 radical (unpaired) electrons. The van der Waals surface area contributed by atoms with E-state index >= 15 is 0 Å². The Labute approximate surface area is 154 Å². The first-order valence-electron chi connectivity index (χ1n) is 9.43. The van der Waals surface area contributed by atoms with E-state index < -0.39 is 0 Å². The Morgan fingerprint density at radius 1 is 0.654 bits per heavy atom. The summed E-state index contributed by atoms with van der Waals surface area (Å²) in [5, 5.41) is 2.79. The van der Waals surface area contributed by atoms with Gasteiger partial charge in [-0.1, -0.05) is 60.2 Å². The summed E-state index contributed by atoms with van der Waals surface area (Å²) in [6.45, 7) is 6.86. The molecule has 0 atom stereocenters. The quantitative estimate of drug-likeness (QED) is 0.281. The van der Waals surface area contributed by atoms with Crippen molar-refractivity contribution in [2.24, 2.45) is 0 Å². The number of hydrogen-bond donors (Lipinski definition) is 0. The van der Waals surface area contributed by atoms with Gasteiger partial charge in [-0.05, 0) is 93.6 Å². The largest absolute Gasteiger partial charge is 0.0610 e. The molecule has 0 aliphatic heterocycles. The van der Waals surface area contributed by atoms with Gasteiger partial charge in [-0.25, -0.2) is 0 Å². The van der Waals surface area contributed by atoms with Gasteiger partial charge in [0, 0.05) is 0 Å². The van der Waals surface area contributed by atoms with Crippen LogP contribution in [0.2, 0.25) is 0 Å². The minimum atomic E-state index is 1.07. The van der Waals surface area contributed by atoms with Crippen molar-refractivity contribution in [3.8, 4) is 33.4 Å². The average Bonchev–Trinajstić information content (AvgIpc) is 3.18. The number of hydrogen-bond acceptors (Lipinski definition) is 0. The number of benzene rings is 4. The van der Waals surface area contributed by atoms with Crippen LogP contribution >= 0.6 is 0 Å². The molecule has 6 rings (SSSR count). The number of fused-ring (bicyclic) bond motifs is 6. The van der Waals surface area contributed by atoms with Gasteiger partial charge >= 0.3 is 0 Å². The lowest BCUT2D eigenvalue weighted by atomic mass is 9.86. The standard InChI is InChI=1S/C26H20/c1-14-10-11-19-18(12-14)13-22-15(2)24-20-8-4-6-17-7-5-9-21(26(17)20)25(24)16(3)23(19)22/h4-12H,13H2,1-3H3. The third-order valence-electron chi connectivity index (χ3n) is 6.47. The van der Waals surface area contributed by atoms with Crippen LogP contribution in [0, 0.1) is 20.8 Å². The predicted octanol–water partition coefficient (Wildman–Crippen LogP) is 6.98. The molecule has 0 bridgehead atoms. The molecule has 0 saturated carbocycles. The fourth-order valence-corrected chi connectivity index (χ4v) is 5.38. The third-order valence-corrected chi connectivity index (χ3v) is 6.47. The predicted molar refractivity (Wildman–Crippen MR) is 111 cm³/mol. The fraction of sp³-hybridized carbons (Fsp3) is 0.154. The van der Waals surface area contributed by atoms with E-state index in [1.165, 1.54) is 72.0 Å². The maximum atomic E-state index is 2.37. The molecule has 2 aliphatic carbocycles. The van der Waals surface area contributed by atoms with Crippen molar-refractivity contribution < 1.29 is 0 Å². The summed E-state index contributed by atoms with van der Waals surface area (Å²) in [5.74, 6) is 0. The fourth-order valence-electron chi connectivity index (χ4n) is 5.38. The molecule has 0 fully saturated rings. The Kier molecular flexibility index (Phi) is 2.56. The molecule has 0 unspecified atom stereocenters. The van der Waals surface area contributed by atoms with Crippen molar-refractivity contribution in [2.45, 2.75) is 27.2 Å². The monoisotopic (exact) mass is 332 g/mol. The summed E-state index contributed by atoms with van der Waals surface area (Å²) in [5.41, 5.74) is 16.0. The average molecular weight is 332 g/mol. The normalized spacial score (nSPS) is 13.0. The van der Waals surface area contributed by atoms with E-state index in [4.69, 9.17) is 0 Å². The van der Waals surface area contributed by atoms with Crippen LogP contribution in [-0.2, 0) is 6.42 Å². The van der Waals surface area contributed by atoms with Gasteiger partial charge in [0.2, 0.25) is 0 Å². The summed E-state index contributed by atoms with van der Waals surface area (Å²) < 4.78 is 0. The van der Waals surface area contributed by atoms with Gasteiger partial charge in [-0.3, -0.25) is 0 Å². The highest BCUT2D eigenvalue weighted by molar-refractivity contribution is 6.17. The molecular formula is C26H20. The van der Waals surface area contributed by atoms with E-state index in [0.29, 0.717) is 0 Å². The van der Waals surface area contributed by atoms with Crippen LogP contribution in [0.3, 0.4) is 0 Å². The maximum Gasteiger partial charge on any atom is -0.00104 e. The summed E-state index contributed by atoms with van der Waals surface area (Å²) in [6, 6.07) is 20.5. The first-order valence-corrected chi connectivity index (χ1v) is 9.43. The van der Waals surface area contributed by atoms with E-state index in [2.05, 4.69) is 75.4 Å². The van der Waals surface area contributed by atoms with E-state index in [1.807, 2.05) is 0 Å². The molecule has 26 heavy (non-hydrogen) atoms. The molecule has 124 valence electrons. The number of rotatable bonds is 0. The lowest BCUT2D eigenvalue weighted by Crippen LogP contribution is -1.95. The van der Waals surface area contributed by atoms with Gasteiger partial charge in [-0.2, -0.15) is 0 Å². The summed E-state index contributed by atoms with van der Waals surface area (Å²) in [6.07, 6.45) is 1.07. The minimum absolute atomic E-state index is 1.07. The molecule has 2 aliphatic rings. The van der Waals surface area contributed by atoms with Gasteiger partial charge in [0.05, 0.1) is 0 Å². The third kappa shape index (κ3) is 1.56. The number of aryl methyl sites for hydroxylation is 1. The molecule has 0 N–H and O–H groups in total. The van der Waals surface area contributed by atoms with E-state index in [-0.39, 0.29) is 0 Å². The Morgan fingerprint density at radius 2 is 1.35 bits per heavy atom. The Bertz CT molecular complexity index is 1270. The zero-order chi connectivity index (χ0) is 17.6. The van der Waals surface area contributed by atoms with Crippen molar-refractivity contribution in [3.05, 3.63) is 82.4 Å². The molecule has 0 saturated heterocycles. The minimum Gasteiger partial charge on any atom is -0.0610 e. The van der Waals surface area contributed by atoms with Gasteiger partial charge in [-0.15, -0.1) is 0 Å². The molecule has 0 spiro atoms. The molecule has 0 amide bonds. The molecule has 0 heteroatoms. The second kappa shape index (κ2) is 4.65. The van der Waals surface area contributed by atoms with Crippen LogP contribution in [-0.4, -0.2) is 0 Å². The Balaban J connectivity index is 1.78. The second-order valence-electron chi connectivity index (χ2n) is 7.90. The lowest BCUT2D eigenvalue weighted by molar-refractivity contribution is 1.21. The summed E-state index contributed by atoms with van der Waals surface area (Å²) >= 11 is 0. The highest BCUT2D eigenvalue weighted by Crippen LogP contribution is 2.55. The second-order valence-corrected chi connectivity index (χ2v) is 7.90. The van der Waals surface area contributed by atoms with Crippen molar-refractivity contribution in [2.75, 3.05) is 0 Å². The molecule has 0 aromatic heterocycles. The van der Waals surface area contributed by atoms with Crippen LogP contribution in [0.4, 0.5) is 0 Å². The summed E-state index contributed by atoms with van der Waals surface area (Å²) in [4.78, 5) is 0. The molecule has 4 aromatic rings. The van der Waals surface area contributed by atoms with E-state index in [1.54, 1.807) is 0 Å². The van der Waals surface area contributed by atoms with Crippen LogP contribution in [0.1, 0.15) is 27.8 Å². The van der Waals surface area contributed by atoms with Gasteiger partial charge in [0.1, 0.15) is 0 Å². The van der Waals surface area contributed by atoms with Crippen molar-refractivity contribution in [3.63, 3.8) is 0 Å². The topological polar surface area (TPSA) is 0 Å². The van der Waals surface area contributed by atoms with Crippen LogP contribution in [0.25, 0.3) is 44.2 Å². The van der Waals surface area contributed by atoms with Gasteiger partial charge in [0.15, 0.2) is 0 Å². The highest BCUT2D eigenvalue weighted by Gasteiger charge is 2.31. The summed E-state index contributed by atoms with van der Waals surface area (Å²) in [7, 11) is 0. The highest BCUT2D eigenvalue weighted by atomic mass is 14.3. The Hall–Kier alpha value is -2.86. The van der Waals surface area contributed by atoms with Gasteiger partial charge < -0.3 is 0 Å². The molecule has 0 nitrogen and oxygen atoms in total. The molecular weight excluding hydrogens is 312 g/mol. The molecule has 0 heterocycles. The van der Waals surface area contributed by atoms with Crippen molar-refractivity contribution >= 4 is 10.8 Å². The van der Waals surface area contributed by atoms with Crippen LogP contribution in [0.15, 0.2) is 54.6 Å². The SMILES string of the molecule is Cc1ccc2c(c1)Cc1c(C)c3c(c(C)c1-2)-c1cccc2cccc-3c12.